The fourth-order valence-electron chi connectivity index (χ4n) is 2.17. The smallest absolute Gasteiger partial charge is 0.305 e. The van der Waals surface area contributed by atoms with E-state index in [1.54, 1.807) is 6.92 Å². The third kappa shape index (κ3) is 4.32. The summed E-state index contributed by atoms with van der Waals surface area (Å²) in [5, 5.41) is 9.18. The lowest BCUT2D eigenvalue weighted by atomic mass is 10.1. The van der Waals surface area contributed by atoms with E-state index in [4.69, 9.17) is 13.9 Å². The van der Waals surface area contributed by atoms with Gasteiger partial charge in [0, 0.05) is 17.5 Å². The van der Waals surface area contributed by atoms with E-state index >= 15 is 0 Å². The van der Waals surface area contributed by atoms with Crippen molar-refractivity contribution in [2.45, 2.75) is 26.4 Å². The third-order valence-electron chi connectivity index (χ3n) is 3.25. The molecular formula is C17H18F2O5. The van der Waals surface area contributed by atoms with E-state index < -0.39 is 17.4 Å². The second kappa shape index (κ2) is 8.44. The van der Waals surface area contributed by atoms with Crippen molar-refractivity contribution < 1.29 is 32.6 Å². The van der Waals surface area contributed by atoms with E-state index in [1.165, 1.54) is 12.3 Å². The summed E-state index contributed by atoms with van der Waals surface area (Å²) < 4.78 is 43.2. The van der Waals surface area contributed by atoms with Crippen molar-refractivity contribution in [1.82, 2.24) is 0 Å². The van der Waals surface area contributed by atoms with Crippen molar-refractivity contribution in [2.75, 3.05) is 13.2 Å². The predicted molar refractivity (Wildman–Crippen MR) is 81.3 cm³/mol. The molecular weight excluding hydrogens is 322 g/mol. The molecule has 0 aliphatic rings. The Morgan fingerprint density at radius 1 is 1.29 bits per heavy atom. The SMILES string of the molecule is CCOC(=O)CCCOc1c(F)cc(-c2occc2CO)cc1F. The van der Waals surface area contributed by atoms with E-state index in [-0.39, 0.29) is 50.0 Å². The van der Waals surface area contributed by atoms with E-state index in [0.717, 1.165) is 12.1 Å². The molecule has 0 spiro atoms. The highest BCUT2D eigenvalue weighted by Crippen LogP contribution is 2.31. The molecule has 2 aromatic rings. The van der Waals surface area contributed by atoms with Gasteiger partial charge in [-0.05, 0) is 31.5 Å². The Labute approximate surface area is 137 Å². The number of furan rings is 1. The molecule has 0 saturated heterocycles. The summed E-state index contributed by atoms with van der Waals surface area (Å²) in [6.45, 7) is 1.66. The van der Waals surface area contributed by atoms with Crippen LogP contribution in [-0.2, 0) is 16.1 Å². The van der Waals surface area contributed by atoms with Crippen molar-refractivity contribution >= 4 is 5.97 Å². The summed E-state index contributed by atoms with van der Waals surface area (Å²) in [4.78, 5) is 11.2. The van der Waals surface area contributed by atoms with Gasteiger partial charge in [0.25, 0.3) is 0 Å². The summed E-state index contributed by atoms with van der Waals surface area (Å²) in [5.41, 5.74) is 0.592. The van der Waals surface area contributed by atoms with Gasteiger partial charge in [-0.3, -0.25) is 4.79 Å². The Balaban J connectivity index is 2.04. The molecule has 0 atom stereocenters. The highest BCUT2D eigenvalue weighted by molar-refractivity contribution is 5.69. The van der Waals surface area contributed by atoms with Crippen LogP contribution in [0.1, 0.15) is 25.3 Å². The van der Waals surface area contributed by atoms with Gasteiger partial charge >= 0.3 is 5.97 Å². The van der Waals surface area contributed by atoms with Crippen LogP contribution >= 0.6 is 0 Å². The number of ether oxygens (including phenoxy) is 2. The number of aliphatic hydroxyl groups excluding tert-OH is 1. The van der Waals surface area contributed by atoms with Gasteiger partial charge < -0.3 is 19.0 Å². The Morgan fingerprint density at radius 3 is 2.62 bits per heavy atom. The fraction of sp³-hybridized carbons (Fsp3) is 0.353. The number of carbonyl (C=O) groups is 1. The Bertz CT molecular complexity index is 673. The maximum atomic E-state index is 14.1. The van der Waals surface area contributed by atoms with Crippen LogP contribution in [-0.4, -0.2) is 24.3 Å². The van der Waals surface area contributed by atoms with E-state index in [9.17, 15) is 18.7 Å². The van der Waals surface area contributed by atoms with Crippen LogP contribution < -0.4 is 4.74 Å². The molecule has 7 heteroatoms. The Hall–Kier alpha value is -2.41. The molecule has 1 aromatic heterocycles. The molecule has 0 amide bonds. The molecule has 1 N–H and O–H groups in total. The van der Waals surface area contributed by atoms with Crippen LogP contribution in [0.4, 0.5) is 8.78 Å². The zero-order chi connectivity index (χ0) is 17.5. The van der Waals surface area contributed by atoms with Gasteiger partial charge in [-0.15, -0.1) is 0 Å². The number of benzene rings is 1. The van der Waals surface area contributed by atoms with Gasteiger partial charge in [0.1, 0.15) is 5.76 Å². The molecule has 0 radical (unpaired) electrons. The van der Waals surface area contributed by atoms with Crippen molar-refractivity contribution in [3.8, 4) is 17.1 Å². The van der Waals surface area contributed by atoms with Crippen LogP contribution in [0.3, 0.4) is 0 Å². The van der Waals surface area contributed by atoms with Crippen LogP contribution in [0.2, 0.25) is 0 Å². The van der Waals surface area contributed by atoms with Gasteiger partial charge in [0.15, 0.2) is 17.4 Å². The minimum Gasteiger partial charge on any atom is -0.488 e. The molecule has 1 heterocycles. The van der Waals surface area contributed by atoms with Crippen molar-refractivity contribution in [2.24, 2.45) is 0 Å². The molecule has 0 unspecified atom stereocenters. The van der Waals surface area contributed by atoms with Crippen LogP contribution in [0, 0.1) is 11.6 Å². The summed E-state index contributed by atoms with van der Waals surface area (Å²) in [5.74, 6) is -2.47. The topological polar surface area (TPSA) is 68.9 Å². The fourth-order valence-corrected chi connectivity index (χ4v) is 2.17. The lowest BCUT2D eigenvalue weighted by Crippen LogP contribution is -2.08. The van der Waals surface area contributed by atoms with Gasteiger partial charge in [-0.2, -0.15) is 0 Å². The van der Waals surface area contributed by atoms with Gasteiger partial charge in [0.2, 0.25) is 0 Å². The number of esters is 1. The molecule has 0 bridgehead atoms. The van der Waals surface area contributed by atoms with E-state index in [2.05, 4.69) is 0 Å². The summed E-state index contributed by atoms with van der Waals surface area (Å²) in [6, 6.07) is 3.66. The number of halogens is 2. The van der Waals surface area contributed by atoms with Gasteiger partial charge in [-0.1, -0.05) is 0 Å². The van der Waals surface area contributed by atoms with Gasteiger partial charge in [-0.25, -0.2) is 8.78 Å². The first-order valence-electron chi connectivity index (χ1n) is 7.51. The number of hydrogen-bond donors (Lipinski definition) is 1. The Morgan fingerprint density at radius 2 is 2.00 bits per heavy atom. The Kier molecular flexibility index (Phi) is 6.31. The maximum absolute atomic E-state index is 14.1. The number of rotatable bonds is 8. The van der Waals surface area contributed by atoms with Crippen LogP contribution in [0.5, 0.6) is 5.75 Å². The molecule has 2 rings (SSSR count). The second-order valence-corrected chi connectivity index (χ2v) is 4.96. The number of aliphatic hydroxyl groups is 1. The summed E-state index contributed by atoms with van der Waals surface area (Å²) in [6.07, 6.45) is 1.73. The van der Waals surface area contributed by atoms with Crippen molar-refractivity contribution in [3.05, 3.63) is 41.7 Å². The third-order valence-corrected chi connectivity index (χ3v) is 3.25. The molecule has 0 saturated carbocycles. The quantitative estimate of drug-likeness (QED) is 0.589. The summed E-state index contributed by atoms with van der Waals surface area (Å²) in [7, 11) is 0. The molecule has 0 aliphatic heterocycles. The zero-order valence-corrected chi connectivity index (χ0v) is 13.2. The first kappa shape index (κ1) is 17.9. The van der Waals surface area contributed by atoms with Crippen molar-refractivity contribution in [1.29, 1.82) is 0 Å². The number of hydrogen-bond acceptors (Lipinski definition) is 5. The maximum Gasteiger partial charge on any atom is 0.305 e. The first-order valence-corrected chi connectivity index (χ1v) is 7.51. The highest BCUT2D eigenvalue weighted by Gasteiger charge is 2.17. The monoisotopic (exact) mass is 340 g/mol. The lowest BCUT2D eigenvalue weighted by Gasteiger charge is -2.10. The minimum absolute atomic E-state index is 0.0192. The molecule has 24 heavy (non-hydrogen) atoms. The molecule has 1 aromatic carbocycles. The standard InChI is InChI=1S/C17H18F2O5/c1-2-22-15(21)4-3-6-23-17-13(18)8-12(9-14(17)19)16-11(10-20)5-7-24-16/h5,7-9,20H,2-4,6,10H2,1H3. The van der Waals surface area contributed by atoms with Gasteiger partial charge in [0.05, 0.1) is 26.1 Å². The highest BCUT2D eigenvalue weighted by atomic mass is 19.1. The van der Waals surface area contributed by atoms with Crippen LogP contribution in [0.25, 0.3) is 11.3 Å². The van der Waals surface area contributed by atoms with Crippen molar-refractivity contribution in [3.63, 3.8) is 0 Å². The largest absolute Gasteiger partial charge is 0.488 e. The average Bonchev–Trinajstić information content (AvgIpc) is 3.02. The summed E-state index contributed by atoms with van der Waals surface area (Å²) >= 11 is 0. The average molecular weight is 340 g/mol. The molecule has 130 valence electrons. The first-order chi connectivity index (χ1) is 11.6. The normalized spacial score (nSPS) is 10.7. The molecule has 0 fully saturated rings. The molecule has 5 nitrogen and oxygen atoms in total. The van der Waals surface area contributed by atoms with Crippen LogP contribution in [0.15, 0.2) is 28.9 Å². The lowest BCUT2D eigenvalue weighted by molar-refractivity contribution is -0.143. The zero-order valence-electron chi connectivity index (χ0n) is 13.2. The molecule has 0 aliphatic carbocycles. The second-order valence-electron chi connectivity index (χ2n) is 4.96. The predicted octanol–water partition coefficient (Wildman–Crippen LogP) is 3.44. The van der Waals surface area contributed by atoms with E-state index in [0.29, 0.717) is 5.56 Å². The number of carbonyl (C=O) groups excluding carboxylic acids is 1. The van der Waals surface area contributed by atoms with E-state index in [1.807, 2.05) is 0 Å². The minimum atomic E-state index is -0.888.